The Bertz CT molecular complexity index is 1510. The maximum atomic E-state index is 13.5. The molecule has 0 aliphatic carbocycles. The molecule has 2 heterocycles. The molecular formula is C32H36ClN3O5S. The van der Waals surface area contributed by atoms with Gasteiger partial charge >= 0.3 is 0 Å². The summed E-state index contributed by atoms with van der Waals surface area (Å²) in [5, 5.41) is 4.77. The molecule has 3 aromatic rings. The first-order valence-electron chi connectivity index (χ1n) is 13.4. The van der Waals surface area contributed by atoms with E-state index in [1.54, 1.807) is 38.3 Å². The Morgan fingerprint density at radius 2 is 1.81 bits per heavy atom. The minimum absolute atomic E-state index is 0.0775. The van der Waals surface area contributed by atoms with E-state index in [1.165, 1.54) is 11.3 Å². The Labute approximate surface area is 255 Å². The standard InChI is InChI=1S/C30H30ClN3O4S.C2H6O/c1-4-24(31)27-20(2)33-28(39-27)23-10-6-8-12-26(23)38-30(19-36)14-16-34(17-15-30)29(37)22(13-18-35)21-9-5-7-11-25(21)32-3;1-3-2/h4-12,18-19,22,32H,1-2,13-17H2,3H3;1-2H3/b27-24-;/t22-;/m0./s1. The number of likely N-dealkylation sites (tertiary alicyclic amines) is 1. The lowest BCUT2D eigenvalue weighted by Gasteiger charge is -2.39. The first-order valence-corrected chi connectivity index (χ1v) is 14.6. The van der Waals surface area contributed by atoms with Crippen LogP contribution in [0.3, 0.4) is 0 Å². The summed E-state index contributed by atoms with van der Waals surface area (Å²) < 4.78 is 11.4. The molecular weight excluding hydrogens is 574 g/mol. The molecule has 0 radical (unpaired) electrons. The van der Waals surface area contributed by atoms with Crippen LogP contribution in [0.4, 0.5) is 5.69 Å². The normalized spacial score (nSPS) is 15.4. The lowest BCUT2D eigenvalue weighted by molar-refractivity contribution is -0.140. The van der Waals surface area contributed by atoms with Crippen molar-refractivity contribution in [3.63, 3.8) is 0 Å². The van der Waals surface area contributed by atoms with Crippen molar-refractivity contribution < 1.29 is 23.9 Å². The maximum Gasteiger partial charge on any atom is 0.230 e. The maximum absolute atomic E-state index is 13.5. The van der Waals surface area contributed by atoms with Crippen molar-refractivity contribution in [3.8, 4) is 16.3 Å². The van der Waals surface area contributed by atoms with E-state index in [2.05, 4.69) is 28.2 Å². The second kappa shape index (κ2) is 15.4. The van der Waals surface area contributed by atoms with Crippen molar-refractivity contribution in [2.45, 2.75) is 30.8 Å². The average Bonchev–Trinajstić information content (AvgIpc) is 3.41. The SMILES string of the molecule is C=C/C(Cl)=c1/sc(-c2ccccc2OC2(C=O)CCN(C(=O)[C@@H](CC=O)c3ccccc3NC)CC2)nc1=C.COC. The molecule has 0 unspecified atom stereocenters. The Hall–Kier alpha value is -3.79. The quantitative estimate of drug-likeness (QED) is 0.341. The smallest absolute Gasteiger partial charge is 0.230 e. The van der Waals surface area contributed by atoms with Crippen LogP contribution in [-0.4, -0.2) is 68.3 Å². The number of nitrogens with one attached hydrogen (secondary N) is 1. The molecule has 1 aliphatic rings. The Morgan fingerprint density at radius 1 is 1.17 bits per heavy atom. The zero-order valence-corrected chi connectivity index (χ0v) is 25.7. The van der Waals surface area contributed by atoms with Crippen molar-refractivity contribution in [2.24, 2.45) is 0 Å². The number of rotatable bonds is 10. The number of hydrogen-bond donors (Lipinski definition) is 1. The van der Waals surface area contributed by atoms with Crippen LogP contribution in [0.5, 0.6) is 5.75 Å². The molecule has 1 atom stereocenters. The number of para-hydroxylation sites is 2. The van der Waals surface area contributed by atoms with Gasteiger partial charge in [-0.3, -0.25) is 9.59 Å². The fraction of sp³-hybridized carbons (Fsp3) is 0.312. The molecule has 1 saturated heterocycles. The van der Waals surface area contributed by atoms with Gasteiger partial charge in [-0.1, -0.05) is 55.1 Å². The fourth-order valence-electron chi connectivity index (χ4n) is 4.75. The number of carbonyl (C=O) groups excluding carboxylic acids is 3. The third kappa shape index (κ3) is 7.53. The van der Waals surface area contributed by atoms with E-state index in [-0.39, 0.29) is 12.3 Å². The Morgan fingerprint density at radius 3 is 2.43 bits per heavy atom. The molecule has 2 aromatic carbocycles. The molecule has 222 valence electrons. The molecule has 1 fully saturated rings. The van der Waals surface area contributed by atoms with E-state index in [1.807, 2.05) is 42.5 Å². The van der Waals surface area contributed by atoms with Crippen LogP contribution in [0, 0.1) is 0 Å². The molecule has 4 rings (SSSR count). The second-order valence-electron chi connectivity index (χ2n) is 9.65. The first-order chi connectivity index (χ1) is 20.3. The third-order valence-electron chi connectivity index (χ3n) is 6.90. The third-order valence-corrected chi connectivity index (χ3v) is 8.52. The molecule has 8 nitrogen and oxygen atoms in total. The molecule has 1 aromatic heterocycles. The predicted molar refractivity (Wildman–Crippen MR) is 169 cm³/mol. The van der Waals surface area contributed by atoms with Crippen molar-refractivity contribution in [2.75, 3.05) is 39.7 Å². The highest BCUT2D eigenvalue weighted by Gasteiger charge is 2.40. The van der Waals surface area contributed by atoms with Gasteiger partial charge in [-0.2, -0.15) is 0 Å². The molecule has 1 aliphatic heterocycles. The number of allylic oxidation sites excluding steroid dienone is 1. The number of aldehydes is 2. The van der Waals surface area contributed by atoms with Gasteiger partial charge in [-0.15, -0.1) is 11.3 Å². The topological polar surface area (TPSA) is 97.8 Å². The highest BCUT2D eigenvalue weighted by molar-refractivity contribution is 7.13. The number of anilines is 1. The number of amides is 1. The lowest BCUT2D eigenvalue weighted by atomic mass is 9.89. The van der Waals surface area contributed by atoms with Crippen molar-refractivity contribution in [1.29, 1.82) is 0 Å². The highest BCUT2D eigenvalue weighted by atomic mass is 35.5. The summed E-state index contributed by atoms with van der Waals surface area (Å²) >= 11 is 7.64. The second-order valence-corrected chi connectivity index (χ2v) is 11.1. The van der Waals surface area contributed by atoms with Gasteiger partial charge in [0.25, 0.3) is 0 Å². The number of ether oxygens (including phenoxy) is 2. The summed E-state index contributed by atoms with van der Waals surface area (Å²) in [4.78, 5) is 43.7. The minimum Gasteiger partial charge on any atom is -0.479 e. The summed E-state index contributed by atoms with van der Waals surface area (Å²) in [5.41, 5.74) is 1.20. The van der Waals surface area contributed by atoms with Gasteiger partial charge in [0.05, 0.1) is 26.4 Å². The van der Waals surface area contributed by atoms with Gasteiger partial charge < -0.3 is 24.5 Å². The van der Waals surface area contributed by atoms with Gasteiger partial charge in [0.1, 0.15) is 17.0 Å². The fourth-order valence-corrected chi connectivity index (χ4v) is 5.95. The summed E-state index contributed by atoms with van der Waals surface area (Å²) in [6.45, 7) is 8.34. The van der Waals surface area contributed by atoms with E-state index in [4.69, 9.17) is 16.3 Å². The summed E-state index contributed by atoms with van der Waals surface area (Å²) in [7, 11) is 5.03. The molecule has 42 heavy (non-hydrogen) atoms. The number of methoxy groups -OCH3 is 1. The van der Waals surface area contributed by atoms with Crippen LogP contribution >= 0.6 is 22.9 Å². The number of aromatic nitrogens is 1. The molecule has 0 bridgehead atoms. The van der Waals surface area contributed by atoms with E-state index in [9.17, 15) is 14.4 Å². The highest BCUT2D eigenvalue weighted by Crippen LogP contribution is 2.36. The van der Waals surface area contributed by atoms with Crippen LogP contribution in [0.15, 0.2) is 61.2 Å². The zero-order chi connectivity index (χ0) is 30.7. The van der Waals surface area contributed by atoms with Gasteiger partial charge in [0.15, 0.2) is 11.9 Å². The molecule has 0 spiro atoms. The van der Waals surface area contributed by atoms with E-state index in [0.717, 1.165) is 33.9 Å². The van der Waals surface area contributed by atoms with Gasteiger partial charge in [0.2, 0.25) is 5.91 Å². The van der Waals surface area contributed by atoms with Crippen LogP contribution < -0.4 is 19.9 Å². The number of carbonyl (C=O) groups is 3. The number of halogens is 1. The summed E-state index contributed by atoms with van der Waals surface area (Å²) in [5.74, 6) is -0.230. The summed E-state index contributed by atoms with van der Waals surface area (Å²) in [6, 6.07) is 14.9. The number of nitrogens with zero attached hydrogens (tertiary/aromatic N) is 2. The summed E-state index contributed by atoms with van der Waals surface area (Å²) in [6.07, 6.45) is 3.86. The predicted octanol–water partition coefficient (Wildman–Crippen LogP) is 4.37. The van der Waals surface area contributed by atoms with Crippen LogP contribution in [0.2, 0.25) is 0 Å². The van der Waals surface area contributed by atoms with Gasteiger partial charge in [-0.25, -0.2) is 4.98 Å². The number of thiazole rings is 1. The van der Waals surface area contributed by atoms with Crippen molar-refractivity contribution in [1.82, 2.24) is 9.88 Å². The van der Waals surface area contributed by atoms with Crippen LogP contribution in [0.1, 0.15) is 30.7 Å². The van der Waals surface area contributed by atoms with Gasteiger partial charge in [-0.05, 0) is 29.8 Å². The van der Waals surface area contributed by atoms with E-state index >= 15 is 0 Å². The van der Waals surface area contributed by atoms with Crippen LogP contribution in [-0.2, 0) is 19.1 Å². The molecule has 1 N–H and O–H groups in total. The molecule has 1 amide bonds. The largest absolute Gasteiger partial charge is 0.479 e. The number of benzene rings is 2. The van der Waals surface area contributed by atoms with Crippen molar-refractivity contribution >= 4 is 58.7 Å². The zero-order valence-electron chi connectivity index (χ0n) is 24.1. The lowest BCUT2D eigenvalue weighted by Crippen LogP contribution is -2.51. The number of hydrogen-bond acceptors (Lipinski definition) is 8. The Balaban J connectivity index is 0.00000155. The monoisotopic (exact) mass is 609 g/mol. The van der Waals surface area contributed by atoms with E-state index < -0.39 is 11.5 Å². The van der Waals surface area contributed by atoms with Crippen LogP contribution in [0.25, 0.3) is 22.2 Å². The average molecular weight is 610 g/mol. The van der Waals surface area contributed by atoms with E-state index in [0.29, 0.717) is 47.1 Å². The first kappa shape index (κ1) is 32.7. The number of piperidine rings is 1. The minimum atomic E-state index is -1.10. The van der Waals surface area contributed by atoms with Crippen molar-refractivity contribution in [3.05, 3.63) is 76.6 Å². The molecule has 0 saturated carbocycles. The Kier molecular flexibility index (Phi) is 12.0. The van der Waals surface area contributed by atoms with Gasteiger partial charge in [0, 0.05) is 59.3 Å². The molecule has 10 heteroatoms.